The van der Waals surface area contributed by atoms with Crippen molar-refractivity contribution in [3.8, 4) is 0 Å². The van der Waals surface area contributed by atoms with Gasteiger partial charge in [-0.2, -0.15) is 0 Å². The van der Waals surface area contributed by atoms with Crippen LogP contribution < -0.4 is 0 Å². The van der Waals surface area contributed by atoms with Crippen LogP contribution in [0.4, 0.5) is 4.39 Å². The Hall–Kier alpha value is -0.930. The summed E-state index contributed by atoms with van der Waals surface area (Å²) in [5, 5.41) is 0. The molecule has 0 atom stereocenters. The molecular formula is C14H21FN2. The van der Waals surface area contributed by atoms with Crippen LogP contribution in [0.15, 0.2) is 24.3 Å². The summed E-state index contributed by atoms with van der Waals surface area (Å²) in [6.07, 6.45) is 2.42. The molecule has 0 radical (unpaired) electrons. The van der Waals surface area contributed by atoms with Crippen LogP contribution in [0.5, 0.6) is 0 Å². The van der Waals surface area contributed by atoms with Gasteiger partial charge in [-0.3, -0.25) is 4.90 Å². The molecule has 3 heteroatoms. The highest BCUT2D eigenvalue weighted by Crippen LogP contribution is 2.16. The molecule has 2 rings (SSSR count). The Kier molecular flexibility index (Phi) is 4.13. The summed E-state index contributed by atoms with van der Waals surface area (Å²) in [5.74, 6) is -0.140. The monoisotopic (exact) mass is 236 g/mol. The van der Waals surface area contributed by atoms with E-state index in [9.17, 15) is 4.39 Å². The number of rotatable bonds is 3. The SMILES string of the molecule is CN1CCC(N(C)Cc2cccc(F)c2)CC1. The first kappa shape index (κ1) is 12.5. The average molecular weight is 236 g/mol. The van der Waals surface area contributed by atoms with Crippen molar-refractivity contribution in [2.45, 2.75) is 25.4 Å². The fraction of sp³-hybridized carbons (Fsp3) is 0.571. The molecule has 0 unspecified atom stereocenters. The van der Waals surface area contributed by atoms with Gasteiger partial charge in [0, 0.05) is 12.6 Å². The van der Waals surface area contributed by atoms with Crippen LogP contribution in [0, 0.1) is 5.82 Å². The van der Waals surface area contributed by atoms with Crippen LogP contribution in [-0.2, 0) is 6.54 Å². The Bertz CT molecular complexity index is 359. The molecule has 0 aromatic heterocycles. The fourth-order valence-electron chi connectivity index (χ4n) is 2.49. The second-order valence-corrected chi connectivity index (χ2v) is 5.08. The number of benzene rings is 1. The molecule has 0 amide bonds. The van der Waals surface area contributed by atoms with Crippen LogP contribution in [0.25, 0.3) is 0 Å². The van der Waals surface area contributed by atoms with Gasteiger partial charge in [-0.1, -0.05) is 12.1 Å². The molecule has 0 aliphatic carbocycles. The molecule has 1 heterocycles. The molecular weight excluding hydrogens is 215 g/mol. The molecule has 1 aromatic rings. The normalized spacial score (nSPS) is 18.8. The van der Waals surface area contributed by atoms with Crippen molar-refractivity contribution in [2.75, 3.05) is 27.2 Å². The van der Waals surface area contributed by atoms with E-state index in [4.69, 9.17) is 0 Å². The zero-order valence-corrected chi connectivity index (χ0v) is 10.7. The van der Waals surface area contributed by atoms with Crippen molar-refractivity contribution in [3.63, 3.8) is 0 Å². The molecule has 17 heavy (non-hydrogen) atoms. The first-order valence-electron chi connectivity index (χ1n) is 6.28. The maximum atomic E-state index is 13.1. The van der Waals surface area contributed by atoms with Gasteiger partial charge in [0.05, 0.1) is 0 Å². The number of likely N-dealkylation sites (tertiary alicyclic amines) is 1. The number of piperidine rings is 1. The van der Waals surface area contributed by atoms with Crippen LogP contribution in [-0.4, -0.2) is 43.0 Å². The van der Waals surface area contributed by atoms with Crippen molar-refractivity contribution in [3.05, 3.63) is 35.6 Å². The van der Waals surface area contributed by atoms with E-state index in [1.165, 1.54) is 18.9 Å². The second-order valence-electron chi connectivity index (χ2n) is 5.08. The topological polar surface area (TPSA) is 6.48 Å². The van der Waals surface area contributed by atoms with E-state index in [1.807, 2.05) is 6.07 Å². The van der Waals surface area contributed by atoms with Crippen LogP contribution >= 0.6 is 0 Å². The van der Waals surface area contributed by atoms with E-state index >= 15 is 0 Å². The van der Waals surface area contributed by atoms with Gasteiger partial charge in [0.15, 0.2) is 0 Å². The molecule has 1 aromatic carbocycles. The Morgan fingerprint density at radius 1 is 1.35 bits per heavy atom. The third-order valence-electron chi connectivity index (χ3n) is 3.63. The molecule has 1 saturated heterocycles. The summed E-state index contributed by atoms with van der Waals surface area (Å²) < 4.78 is 13.1. The predicted octanol–water partition coefficient (Wildman–Crippen LogP) is 2.35. The minimum Gasteiger partial charge on any atom is -0.306 e. The number of halogens is 1. The van der Waals surface area contributed by atoms with E-state index in [-0.39, 0.29) is 5.82 Å². The van der Waals surface area contributed by atoms with Gasteiger partial charge in [0.25, 0.3) is 0 Å². The van der Waals surface area contributed by atoms with E-state index in [0.29, 0.717) is 6.04 Å². The Balaban J connectivity index is 1.90. The van der Waals surface area contributed by atoms with Gasteiger partial charge in [0.1, 0.15) is 5.82 Å². The highest BCUT2D eigenvalue weighted by molar-refractivity contribution is 5.16. The van der Waals surface area contributed by atoms with Gasteiger partial charge in [0.2, 0.25) is 0 Å². The number of hydrogen-bond acceptors (Lipinski definition) is 2. The van der Waals surface area contributed by atoms with Gasteiger partial charge in [-0.25, -0.2) is 4.39 Å². The summed E-state index contributed by atoms with van der Waals surface area (Å²) in [5.41, 5.74) is 1.06. The molecule has 0 spiro atoms. The van der Waals surface area contributed by atoms with Gasteiger partial charge in [-0.15, -0.1) is 0 Å². The van der Waals surface area contributed by atoms with Crippen molar-refractivity contribution >= 4 is 0 Å². The molecule has 2 nitrogen and oxygen atoms in total. The van der Waals surface area contributed by atoms with Crippen molar-refractivity contribution in [2.24, 2.45) is 0 Å². The smallest absolute Gasteiger partial charge is 0.123 e. The lowest BCUT2D eigenvalue weighted by molar-refractivity contribution is 0.139. The fourth-order valence-corrected chi connectivity index (χ4v) is 2.49. The summed E-state index contributed by atoms with van der Waals surface area (Å²) in [4.78, 5) is 4.72. The van der Waals surface area contributed by atoms with Crippen LogP contribution in [0.1, 0.15) is 18.4 Å². The molecule has 94 valence electrons. The molecule has 0 N–H and O–H groups in total. The van der Waals surface area contributed by atoms with Gasteiger partial charge < -0.3 is 4.90 Å². The number of nitrogens with zero attached hydrogens (tertiary/aromatic N) is 2. The van der Waals surface area contributed by atoms with Crippen LogP contribution in [0.2, 0.25) is 0 Å². The highest BCUT2D eigenvalue weighted by atomic mass is 19.1. The van der Waals surface area contributed by atoms with Crippen molar-refractivity contribution in [1.82, 2.24) is 9.80 Å². The lowest BCUT2D eigenvalue weighted by Gasteiger charge is -2.35. The van der Waals surface area contributed by atoms with Gasteiger partial charge >= 0.3 is 0 Å². The minimum atomic E-state index is -0.140. The second kappa shape index (κ2) is 5.61. The number of hydrogen-bond donors (Lipinski definition) is 0. The Morgan fingerprint density at radius 3 is 2.71 bits per heavy atom. The molecule has 0 saturated carbocycles. The van der Waals surface area contributed by atoms with E-state index in [1.54, 1.807) is 12.1 Å². The van der Waals surface area contributed by atoms with Gasteiger partial charge in [-0.05, 0) is 57.7 Å². The largest absolute Gasteiger partial charge is 0.306 e. The maximum absolute atomic E-state index is 13.1. The molecule has 0 bridgehead atoms. The summed E-state index contributed by atoms with van der Waals surface area (Å²) >= 11 is 0. The van der Waals surface area contributed by atoms with Crippen molar-refractivity contribution in [1.29, 1.82) is 0 Å². The standard InChI is InChI=1S/C14H21FN2/c1-16-8-6-14(7-9-16)17(2)11-12-4-3-5-13(15)10-12/h3-5,10,14H,6-9,11H2,1-2H3. The third kappa shape index (κ3) is 3.51. The molecule has 1 aliphatic heterocycles. The first-order valence-corrected chi connectivity index (χ1v) is 6.28. The lowest BCUT2D eigenvalue weighted by atomic mass is 10.0. The zero-order valence-electron chi connectivity index (χ0n) is 10.7. The third-order valence-corrected chi connectivity index (χ3v) is 3.63. The van der Waals surface area contributed by atoms with E-state index < -0.39 is 0 Å². The maximum Gasteiger partial charge on any atom is 0.123 e. The van der Waals surface area contributed by atoms with E-state index in [2.05, 4.69) is 23.9 Å². The summed E-state index contributed by atoms with van der Waals surface area (Å²) in [7, 11) is 4.31. The average Bonchev–Trinajstić information content (AvgIpc) is 2.29. The molecule has 1 aliphatic rings. The highest BCUT2D eigenvalue weighted by Gasteiger charge is 2.20. The van der Waals surface area contributed by atoms with Crippen molar-refractivity contribution < 1.29 is 4.39 Å². The van der Waals surface area contributed by atoms with E-state index in [0.717, 1.165) is 25.2 Å². The lowest BCUT2D eigenvalue weighted by Crippen LogP contribution is -2.41. The first-order chi connectivity index (χ1) is 8.15. The Labute approximate surface area is 103 Å². The minimum absolute atomic E-state index is 0.140. The quantitative estimate of drug-likeness (QED) is 0.795. The Morgan fingerprint density at radius 2 is 2.06 bits per heavy atom. The predicted molar refractivity (Wildman–Crippen MR) is 68.4 cm³/mol. The summed E-state index contributed by atoms with van der Waals surface area (Å²) in [6, 6.07) is 7.54. The molecule has 1 fully saturated rings. The van der Waals surface area contributed by atoms with Crippen LogP contribution in [0.3, 0.4) is 0 Å². The zero-order chi connectivity index (χ0) is 12.3. The summed E-state index contributed by atoms with van der Waals surface area (Å²) in [6.45, 7) is 3.17.